The van der Waals surface area contributed by atoms with Crippen LogP contribution in [0, 0.1) is 15.5 Å². The molecular weight excluding hydrogens is 629 g/mol. The number of imidazole rings is 1. The Kier molecular flexibility index (Phi) is 8.32. The number of hydrogen-bond donors (Lipinski definition) is 2. The van der Waals surface area contributed by atoms with Crippen LogP contribution in [0.25, 0.3) is 22.3 Å². The Hall–Kier alpha value is -2.81. The zero-order valence-electron chi connectivity index (χ0n) is 23.0. The molecule has 0 fully saturated rings. The highest BCUT2D eigenvalue weighted by molar-refractivity contribution is 14.1. The summed E-state index contributed by atoms with van der Waals surface area (Å²) >= 11 is 2.09. The van der Waals surface area contributed by atoms with E-state index < -0.39 is 11.6 Å². The van der Waals surface area contributed by atoms with Crippen molar-refractivity contribution in [3.63, 3.8) is 0 Å². The maximum atomic E-state index is 15.1. The highest BCUT2D eigenvalue weighted by Gasteiger charge is 2.24. The van der Waals surface area contributed by atoms with Gasteiger partial charge in [-0.3, -0.25) is 4.90 Å². The molecule has 4 aromatic rings. The van der Waals surface area contributed by atoms with Crippen LogP contribution in [-0.2, 0) is 18.5 Å². The molecule has 0 saturated heterocycles. The molecule has 0 unspecified atom stereocenters. The van der Waals surface area contributed by atoms with E-state index >= 15 is 4.39 Å². The van der Waals surface area contributed by atoms with E-state index in [1.807, 2.05) is 44.5 Å². The largest absolute Gasteiger partial charge is 0.395 e. The van der Waals surface area contributed by atoms with E-state index in [2.05, 4.69) is 52.7 Å². The van der Waals surface area contributed by atoms with Gasteiger partial charge in [-0.15, -0.1) is 0 Å². The molecule has 0 amide bonds. The molecule has 5 rings (SSSR count). The third-order valence-electron chi connectivity index (χ3n) is 7.01. The second-order valence-corrected chi connectivity index (χ2v) is 12.0. The molecule has 0 spiro atoms. The fourth-order valence-electron chi connectivity index (χ4n) is 4.96. The number of hydrogen-bond acceptors (Lipinski definition) is 8. The van der Waals surface area contributed by atoms with Crippen LogP contribution in [0.5, 0.6) is 0 Å². The van der Waals surface area contributed by atoms with Gasteiger partial charge in [0.2, 0.25) is 5.95 Å². The topological polar surface area (TPSA) is 95.2 Å². The Morgan fingerprint density at radius 1 is 1.10 bits per heavy atom. The van der Waals surface area contributed by atoms with Crippen molar-refractivity contribution in [2.24, 2.45) is 0 Å². The third kappa shape index (κ3) is 6.09. The summed E-state index contributed by atoms with van der Waals surface area (Å²) in [5.74, 6) is -0.447. The molecule has 9 nitrogen and oxygen atoms in total. The number of aromatic nitrogens is 5. The molecule has 0 bridgehead atoms. The zero-order chi connectivity index (χ0) is 28.6. The van der Waals surface area contributed by atoms with Gasteiger partial charge in [-0.1, -0.05) is 6.07 Å². The first-order valence-corrected chi connectivity index (χ1v) is 14.3. The summed E-state index contributed by atoms with van der Waals surface area (Å²) in [7, 11) is 2.01. The van der Waals surface area contributed by atoms with Crippen molar-refractivity contribution in [1.82, 2.24) is 34.3 Å². The van der Waals surface area contributed by atoms with Crippen molar-refractivity contribution in [3.8, 4) is 11.3 Å². The van der Waals surface area contributed by atoms with Gasteiger partial charge in [-0.25, -0.2) is 28.7 Å². The average Bonchev–Trinajstić information content (AvgIpc) is 3.25. The summed E-state index contributed by atoms with van der Waals surface area (Å²) in [6, 6.07) is 6.88. The fraction of sp³-hybridized carbons (Fsp3) is 0.429. The molecular formula is C28H33F2IN8O. The number of likely N-dealkylation sites (N-methyl/N-ethyl adjacent to an activating group) is 1. The van der Waals surface area contributed by atoms with Crippen LogP contribution in [0.3, 0.4) is 0 Å². The Balaban J connectivity index is 1.37. The Labute approximate surface area is 245 Å². The number of halogens is 3. The van der Waals surface area contributed by atoms with Crippen molar-refractivity contribution >= 4 is 45.4 Å². The number of aliphatic hydroxyl groups excluding tert-OH is 1. The minimum absolute atomic E-state index is 0.00487. The van der Waals surface area contributed by atoms with Crippen molar-refractivity contribution in [3.05, 3.63) is 57.2 Å². The lowest BCUT2D eigenvalue weighted by Gasteiger charge is -2.29. The third-order valence-corrected chi connectivity index (χ3v) is 7.73. The van der Waals surface area contributed by atoms with Crippen LogP contribution in [0.15, 0.2) is 30.5 Å². The summed E-state index contributed by atoms with van der Waals surface area (Å²) in [5, 5.41) is 12.2. The molecule has 12 heteroatoms. The number of aliphatic hydroxyl groups is 1. The maximum absolute atomic E-state index is 15.1. The number of nitrogens with zero attached hydrogens (tertiary/aromatic N) is 7. The lowest BCUT2D eigenvalue weighted by atomic mass is 10.1. The summed E-state index contributed by atoms with van der Waals surface area (Å²) in [4.78, 5) is 22.1. The van der Waals surface area contributed by atoms with E-state index in [0.717, 1.165) is 50.1 Å². The second-order valence-electron chi connectivity index (χ2n) is 11.1. The van der Waals surface area contributed by atoms with Crippen molar-refractivity contribution < 1.29 is 13.9 Å². The molecule has 1 aliphatic heterocycles. The van der Waals surface area contributed by atoms with Gasteiger partial charge >= 0.3 is 0 Å². The zero-order valence-corrected chi connectivity index (χ0v) is 25.2. The van der Waals surface area contributed by atoms with E-state index in [1.165, 1.54) is 6.07 Å². The van der Waals surface area contributed by atoms with Gasteiger partial charge < -0.3 is 19.9 Å². The smallest absolute Gasteiger partial charge is 0.229 e. The van der Waals surface area contributed by atoms with Gasteiger partial charge in [0.05, 0.1) is 18.3 Å². The Morgan fingerprint density at radius 2 is 1.90 bits per heavy atom. The highest BCUT2D eigenvalue weighted by Crippen LogP contribution is 2.32. The number of nitrogens with one attached hydrogen (secondary N) is 1. The van der Waals surface area contributed by atoms with E-state index in [9.17, 15) is 4.39 Å². The summed E-state index contributed by atoms with van der Waals surface area (Å²) in [6.45, 7) is 10.4. The van der Waals surface area contributed by atoms with E-state index in [0.29, 0.717) is 27.3 Å². The molecule has 2 N–H and O–H groups in total. The monoisotopic (exact) mass is 662 g/mol. The molecule has 1 aliphatic rings. The minimum atomic E-state index is -0.649. The number of anilines is 2. The molecule has 212 valence electrons. The van der Waals surface area contributed by atoms with Crippen LogP contribution in [0.2, 0.25) is 0 Å². The molecule has 1 aromatic carbocycles. The second kappa shape index (κ2) is 11.6. The molecule has 0 atom stereocenters. The van der Waals surface area contributed by atoms with Gasteiger partial charge in [0.15, 0.2) is 15.5 Å². The Bertz CT molecular complexity index is 1540. The fourth-order valence-corrected chi connectivity index (χ4v) is 6.18. The average molecular weight is 663 g/mol. The summed E-state index contributed by atoms with van der Waals surface area (Å²) in [6.07, 6.45) is 1.89. The number of benzene rings is 1. The van der Waals surface area contributed by atoms with Crippen molar-refractivity contribution in [2.75, 3.05) is 45.2 Å². The summed E-state index contributed by atoms with van der Waals surface area (Å²) in [5.41, 5.74) is 2.93. The molecule has 40 heavy (non-hydrogen) atoms. The van der Waals surface area contributed by atoms with Crippen LogP contribution in [0.1, 0.15) is 32.0 Å². The first-order valence-electron chi connectivity index (χ1n) is 13.2. The number of rotatable bonds is 8. The van der Waals surface area contributed by atoms with Crippen molar-refractivity contribution in [1.29, 1.82) is 0 Å². The van der Waals surface area contributed by atoms with E-state index in [4.69, 9.17) is 10.1 Å². The van der Waals surface area contributed by atoms with Crippen LogP contribution >= 0.6 is 22.6 Å². The molecule has 0 radical (unpaired) electrons. The van der Waals surface area contributed by atoms with Crippen LogP contribution in [-0.4, -0.2) is 79.2 Å². The standard InChI is InChI=1S/C28H33F2IN8O/c1-28(2,3)39-22-14-18(13-19(29)25(22)35-26(39)31)24-20(30)15-32-27(36-24)34-23-6-5-17-16-38(8-7-21(17)33-23)10-9-37(4)11-12-40/h5-6,13-15,40H,7-12,16H2,1-4H3,(H,32,33,34,36). The molecule has 4 heterocycles. The van der Waals surface area contributed by atoms with Gasteiger partial charge in [-0.2, -0.15) is 0 Å². The highest BCUT2D eigenvalue weighted by atomic mass is 127. The SMILES string of the molecule is CN(CCO)CCN1CCc2nc(Nc3ncc(F)c(-c4cc(F)c5nc(I)n(C(C)(C)C)c5c4)n3)ccc2C1. The van der Waals surface area contributed by atoms with Gasteiger partial charge in [0.1, 0.15) is 17.0 Å². The first-order chi connectivity index (χ1) is 19.0. The lowest BCUT2D eigenvalue weighted by Crippen LogP contribution is -2.37. The molecule has 0 aliphatic carbocycles. The van der Waals surface area contributed by atoms with Gasteiger partial charge in [-0.05, 0) is 74.2 Å². The Morgan fingerprint density at radius 3 is 2.65 bits per heavy atom. The van der Waals surface area contributed by atoms with Crippen LogP contribution < -0.4 is 5.32 Å². The number of pyridine rings is 1. The predicted molar refractivity (Wildman–Crippen MR) is 159 cm³/mol. The van der Waals surface area contributed by atoms with Crippen molar-refractivity contribution in [2.45, 2.75) is 39.3 Å². The van der Waals surface area contributed by atoms with E-state index in [1.54, 1.807) is 6.07 Å². The van der Waals surface area contributed by atoms with E-state index in [-0.39, 0.29) is 29.3 Å². The predicted octanol–water partition coefficient (Wildman–Crippen LogP) is 4.55. The van der Waals surface area contributed by atoms with Gasteiger partial charge in [0, 0.05) is 55.9 Å². The first kappa shape index (κ1) is 28.7. The lowest BCUT2D eigenvalue weighted by molar-refractivity contribution is 0.182. The van der Waals surface area contributed by atoms with Gasteiger partial charge in [0.25, 0.3) is 0 Å². The molecule has 0 saturated carbocycles. The quantitative estimate of drug-likeness (QED) is 0.266. The minimum Gasteiger partial charge on any atom is -0.395 e. The molecule has 3 aromatic heterocycles. The normalized spacial score (nSPS) is 14.2. The number of fused-ring (bicyclic) bond motifs is 2. The maximum Gasteiger partial charge on any atom is 0.229 e. The summed E-state index contributed by atoms with van der Waals surface area (Å²) < 4.78 is 32.6. The van der Waals surface area contributed by atoms with Crippen LogP contribution in [0.4, 0.5) is 20.5 Å².